The standard InChI is InChI=1S/C22H26N4O2/c1-4-5-13-23-21-15-18(16-9-7-6-8-10-16)25-22(26-21)24-17-11-12-19(27-2)20(14-17)28-3/h6-12,14-15H,4-5,13H2,1-3H3,(H2,23,24,25,26). The third kappa shape index (κ3) is 4.91. The van der Waals surface area contributed by atoms with Gasteiger partial charge < -0.3 is 20.1 Å². The van der Waals surface area contributed by atoms with Gasteiger partial charge in [0.2, 0.25) is 5.95 Å². The van der Waals surface area contributed by atoms with Crippen molar-refractivity contribution in [1.29, 1.82) is 0 Å². The van der Waals surface area contributed by atoms with E-state index >= 15 is 0 Å². The fraction of sp³-hybridized carbons (Fsp3) is 0.273. The highest BCUT2D eigenvalue weighted by atomic mass is 16.5. The molecular formula is C22H26N4O2. The number of hydrogen-bond acceptors (Lipinski definition) is 6. The van der Waals surface area contributed by atoms with Gasteiger partial charge in [0.15, 0.2) is 11.5 Å². The highest BCUT2D eigenvalue weighted by Gasteiger charge is 2.09. The second-order valence-corrected chi connectivity index (χ2v) is 6.30. The summed E-state index contributed by atoms with van der Waals surface area (Å²) >= 11 is 0. The van der Waals surface area contributed by atoms with Crippen molar-refractivity contribution in [1.82, 2.24) is 9.97 Å². The van der Waals surface area contributed by atoms with Crippen molar-refractivity contribution in [3.63, 3.8) is 0 Å². The van der Waals surface area contributed by atoms with Gasteiger partial charge in [-0.15, -0.1) is 0 Å². The van der Waals surface area contributed by atoms with Gasteiger partial charge in [-0.05, 0) is 18.6 Å². The van der Waals surface area contributed by atoms with Crippen LogP contribution >= 0.6 is 0 Å². The molecular weight excluding hydrogens is 352 g/mol. The maximum Gasteiger partial charge on any atom is 0.229 e. The predicted molar refractivity (Wildman–Crippen MR) is 114 cm³/mol. The Morgan fingerprint density at radius 1 is 0.893 bits per heavy atom. The summed E-state index contributed by atoms with van der Waals surface area (Å²) in [6.07, 6.45) is 2.21. The molecule has 2 N–H and O–H groups in total. The molecule has 0 saturated carbocycles. The molecule has 0 radical (unpaired) electrons. The van der Waals surface area contributed by atoms with E-state index in [1.54, 1.807) is 14.2 Å². The number of hydrogen-bond donors (Lipinski definition) is 2. The van der Waals surface area contributed by atoms with Gasteiger partial charge in [-0.25, -0.2) is 4.98 Å². The highest BCUT2D eigenvalue weighted by molar-refractivity contribution is 5.67. The monoisotopic (exact) mass is 378 g/mol. The number of nitrogens with zero attached hydrogens (tertiary/aromatic N) is 2. The minimum absolute atomic E-state index is 0.521. The van der Waals surface area contributed by atoms with E-state index in [1.807, 2.05) is 54.6 Å². The van der Waals surface area contributed by atoms with Crippen LogP contribution in [-0.4, -0.2) is 30.7 Å². The van der Waals surface area contributed by atoms with Crippen LogP contribution in [0.15, 0.2) is 54.6 Å². The van der Waals surface area contributed by atoms with Gasteiger partial charge >= 0.3 is 0 Å². The molecule has 0 saturated heterocycles. The van der Waals surface area contributed by atoms with Gasteiger partial charge in [0.25, 0.3) is 0 Å². The molecule has 0 aliphatic heterocycles. The Balaban J connectivity index is 1.91. The number of rotatable bonds is 9. The van der Waals surface area contributed by atoms with Crippen LogP contribution in [0.1, 0.15) is 19.8 Å². The Labute approximate surface area is 166 Å². The molecule has 0 unspecified atom stereocenters. The normalized spacial score (nSPS) is 10.4. The first-order chi connectivity index (χ1) is 13.7. The molecule has 6 nitrogen and oxygen atoms in total. The quantitative estimate of drug-likeness (QED) is 0.504. The summed E-state index contributed by atoms with van der Waals surface area (Å²) in [7, 11) is 3.23. The molecule has 0 aliphatic rings. The molecule has 0 fully saturated rings. The van der Waals surface area contributed by atoms with Crippen LogP contribution in [0.4, 0.5) is 17.5 Å². The maximum atomic E-state index is 5.38. The lowest BCUT2D eigenvalue weighted by Gasteiger charge is -2.13. The first-order valence-corrected chi connectivity index (χ1v) is 9.41. The number of nitrogens with one attached hydrogen (secondary N) is 2. The molecule has 1 heterocycles. The third-order valence-corrected chi connectivity index (χ3v) is 4.27. The lowest BCUT2D eigenvalue weighted by atomic mass is 10.1. The van der Waals surface area contributed by atoms with E-state index in [-0.39, 0.29) is 0 Å². The predicted octanol–water partition coefficient (Wildman–Crippen LogP) is 5.12. The summed E-state index contributed by atoms with van der Waals surface area (Å²) in [5, 5.41) is 6.66. The lowest BCUT2D eigenvalue weighted by Crippen LogP contribution is -2.06. The molecule has 146 valence electrons. The van der Waals surface area contributed by atoms with E-state index in [9.17, 15) is 0 Å². The van der Waals surface area contributed by atoms with Crippen molar-refractivity contribution < 1.29 is 9.47 Å². The summed E-state index contributed by atoms with van der Waals surface area (Å²) in [4.78, 5) is 9.31. The third-order valence-electron chi connectivity index (χ3n) is 4.27. The second-order valence-electron chi connectivity index (χ2n) is 6.30. The number of methoxy groups -OCH3 is 2. The largest absolute Gasteiger partial charge is 0.493 e. The minimum Gasteiger partial charge on any atom is -0.493 e. The molecule has 6 heteroatoms. The Morgan fingerprint density at radius 3 is 2.39 bits per heavy atom. The first-order valence-electron chi connectivity index (χ1n) is 9.41. The molecule has 0 amide bonds. The lowest BCUT2D eigenvalue weighted by molar-refractivity contribution is 0.355. The molecule has 1 aromatic heterocycles. The SMILES string of the molecule is CCCCNc1cc(-c2ccccc2)nc(Nc2ccc(OC)c(OC)c2)n1. The fourth-order valence-electron chi connectivity index (χ4n) is 2.79. The molecule has 2 aromatic carbocycles. The number of anilines is 3. The van der Waals surface area contributed by atoms with Crippen molar-refractivity contribution in [2.24, 2.45) is 0 Å². The van der Waals surface area contributed by atoms with E-state index in [0.717, 1.165) is 42.1 Å². The van der Waals surface area contributed by atoms with Gasteiger partial charge in [0, 0.05) is 29.9 Å². The van der Waals surface area contributed by atoms with E-state index in [1.165, 1.54) is 0 Å². The zero-order valence-corrected chi connectivity index (χ0v) is 16.5. The Morgan fingerprint density at radius 2 is 1.68 bits per heavy atom. The van der Waals surface area contributed by atoms with E-state index in [0.29, 0.717) is 17.4 Å². The van der Waals surface area contributed by atoms with Gasteiger partial charge in [-0.1, -0.05) is 43.7 Å². The van der Waals surface area contributed by atoms with Crippen molar-refractivity contribution in [3.8, 4) is 22.8 Å². The Hall–Kier alpha value is -3.28. The molecule has 0 spiro atoms. The summed E-state index contributed by atoms with van der Waals surface area (Å²) in [5.41, 5.74) is 2.72. The summed E-state index contributed by atoms with van der Waals surface area (Å²) < 4.78 is 10.7. The van der Waals surface area contributed by atoms with Crippen LogP contribution < -0.4 is 20.1 Å². The number of unbranched alkanes of at least 4 members (excludes halogenated alkanes) is 1. The van der Waals surface area contributed by atoms with E-state index in [2.05, 4.69) is 22.5 Å². The van der Waals surface area contributed by atoms with Crippen LogP contribution in [0.2, 0.25) is 0 Å². The second kappa shape index (κ2) is 9.60. The molecule has 3 rings (SSSR count). The van der Waals surface area contributed by atoms with E-state index in [4.69, 9.17) is 14.5 Å². The van der Waals surface area contributed by atoms with Gasteiger partial charge in [0.1, 0.15) is 5.82 Å². The van der Waals surface area contributed by atoms with Gasteiger partial charge in [0.05, 0.1) is 19.9 Å². The summed E-state index contributed by atoms with van der Waals surface area (Å²) in [5.74, 6) is 2.64. The Kier molecular flexibility index (Phi) is 6.68. The first kappa shape index (κ1) is 19.5. The van der Waals surface area contributed by atoms with Crippen molar-refractivity contribution >= 4 is 17.5 Å². The zero-order valence-electron chi connectivity index (χ0n) is 16.5. The molecule has 28 heavy (non-hydrogen) atoms. The topological polar surface area (TPSA) is 68.3 Å². The van der Waals surface area contributed by atoms with E-state index < -0.39 is 0 Å². The summed E-state index contributed by atoms with van der Waals surface area (Å²) in [6, 6.07) is 17.7. The molecule has 3 aromatic rings. The van der Waals surface area contributed by atoms with Crippen molar-refractivity contribution in [2.75, 3.05) is 31.4 Å². The van der Waals surface area contributed by atoms with Gasteiger partial charge in [-0.3, -0.25) is 0 Å². The molecule has 0 atom stereocenters. The van der Waals surface area contributed by atoms with Crippen LogP contribution in [0.3, 0.4) is 0 Å². The average molecular weight is 378 g/mol. The number of ether oxygens (including phenoxy) is 2. The zero-order chi connectivity index (χ0) is 19.8. The minimum atomic E-state index is 0.521. The van der Waals surface area contributed by atoms with Crippen molar-refractivity contribution in [2.45, 2.75) is 19.8 Å². The highest BCUT2D eigenvalue weighted by Crippen LogP contribution is 2.31. The van der Waals surface area contributed by atoms with Crippen LogP contribution in [0.5, 0.6) is 11.5 Å². The van der Waals surface area contributed by atoms with Crippen LogP contribution in [0.25, 0.3) is 11.3 Å². The van der Waals surface area contributed by atoms with Crippen LogP contribution in [-0.2, 0) is 0 Å². The van der Waals surface area contributed by atoms with Crippen molar-refractivity contribution in [3.05, 3.63) is 54.6 Å². The van der Waals surface area contributed by atoms with Gasteiger partial charge in [-0.2, -0.15) is 4.98 Å². The fourth-order valence-corrected chi connectivity index (χ4v) is 2.79. The average Bonchev–Trinajstić information content (AvgIpc) is 2.74. The van der Waals surface area contributed by atoms with Crippen LogP contribution in [0, 0.1) is 0 Å². The summed E-state index contributed by atoms with van der Waals surface area (Å²) in [6.45, 7) is 3.04. The smallest absolute Gasteiger partial charge is 0.229 e. The maximum absolute atomic E-state index is 5.38. The number of aromatic nitrogens is 2. The Bertz CT molecular complexity index is 900. The molecule has 0 aliphatic carbocycles. The molecule has 0 bridgehead atoms. The number of benzene rings is 2.